The van der Waals surface area contributed by atoms with Crippen LogP contribution in [0.4, 0.5) is 0 Å². The fraction of sp³-hybridized carbons (Fsp3) is 1.00. The van der Waals surface area contributed by atoms with E-state index in [-0.39, 0.29) is 0 Å². The zero-order chi connectivity index (χ0) is 9.10. The quantitative estimate of drug-likeness (QED) is 0.482. The van der Waals surface area contributed by atoms with Gasteiger partial charge in [0.25, 0.3) is 0 Å². The van der Waals surface area contributed by atoms with E-state index in [2.05, 4.69) is 6.92 Å². The molecule has 1 heteroatoms. The summed E-state index contributed by atoms with van der Waals surface area (Å²) in [5.74, 6) is 1.58. The minimum Gasteiger partial charge on any atom is -0.0652 e. The van der Waals surface area contributed by atoms with E-state index in [0.717, 1.165) is 10.9 Å². The van der Waals surface area contributed by atoms with Crippen molar-refractivity contribution in [2.24, 2.45) is 0 Å². The maximum atomic E-state index is 2.33. The summed E-state index contributed by atoms with van der Waals surface area (Å²) in [7, 11) is 0.899. The molecule has 0 spiro atoms. The molecule has 2 atom stereocenters. The predicted molar refractivity (Wildman–Crippen MR) is 62.4 cm³/mol. The van der Waals surface area contributed by atoms with Crippen molar-refractivity contribution < 1.29 is 0 Å². The van der Waals surface area contributed by atoms with Crippen molar-refractivity contribution in [2.75, 3.05) is 5.75 Å². The van der Waals surface area contributed by atoms with Crippen LogP contribution in [0, 0.1) is 0 Å². The largest absolute Gasteiger partial charge is 0.165 e. The Morgan fingerprint density at radius 2 is 1.62 bits per heavy atom. The normalized spacial score (nSPS) is 39.0. The van der Waals surface area contributed by atoms with Crippen LogP contribution < -0.4 is 0 Å². The summed E-state index contributed by atoms with van der Waals surface area (Å²) < 4.78 is 0. The van der Waals surface area contributed by atoms with Gasteiger partial charge < -0.3 is 0 Å². The molecule has 0 bridgehead atoms. The molecule has 0 aromatic heterocycles. The van der Waals surface area contributed by atoms with Crippen LogP contribution in [0.2, 0.25) is 0 Å². The Hall–Kier alpha value is 0.350. The molecular weight excluding hydrogens is 176 g/mol. The summed E-state index contributed by atoms with van der Waals surface area (Å²) in [5, 5.41) is 2.40. The molecule has 2 aliphatic rings. The Morgan fingerprint density at radius 3 is 2.15 bits per heavy atom. The topological polar surface area (TPSA) is 0 Å². The molecule has 0 amide bonds. The third-order valence-electron chi connectivity index (χ3n) is 3.58. The van der Waals surface area contributed by atoms with Crippen molar-refractivity contribution in [1.29, 1.82) is 0 Å². The van der Waals surface area contributed by atoms with E-state index < -0.39 is 0 Å². The molecule has 13 heavy (non-hydrogen) atoms. The van der Waals surface area contributed by atoms with Crippen molar-refractivity contribution in [3.05, 3.63) is 0 Å². The van der Waals surface area contributed by atoms with Crippen molar-refractivity contribution in [3.63, 3.8) is 0 Å². The van der Waals surface area contributed by atoms with Gasteiger partial charge in [-0.3, -0.25) is 0 Å². The van der Waals surface area contributed by atoms with E-state index >= 15 is 0 Å². The molecule has 0 radical (unpaired) electrons. The first-order valence-corrected chi connectivity index (χ1v) is 7.64. The molecule has 2 fully saturated rings. The molecule has 0 aromatic rings. The lowest BCUT2D eigenvalue weighted by Crippen LogP contribution is -1.97. The Labute approximate surface area is 85.8 Å². The van der Waals surface area contributed by atoms with Crippen molar-refractivity contribution in [2.45, 2.75) is 68.8 Å². The molecule has 1 aliphatic carbocycles. The average Bonchev–Trinajstić information content (AvgIpc) is 2.72. The molecular formula is C12H23S+. The van der Waals surface area contributed by atoms with Gasteiger partial charge in [0.15, 0.2) is 10.5 Å². The van der Waals surface area contributed by atoms with Gasteiger partial charge in [0.1, 0.15) is 5.75 Å². The molecule has 1 aliphatic heterocycles. The zero-order valence-corrected chi connectivity index (χ0v) is 9.74. The lowest BCUT2D eigenvalue weighted by Gasteiger charge is -1.99. The minimum absolute atomic E-state index is 0.899. The molecule has 1 saturated heterocycles. The van der Waals surface area contributed by atoms with E-state index in [0.29, 0.717) is 0 Å². The standard InChI is InChI=1S/C12H23S/c1-2-3-10-13-11-8-6-4-5-7-9-12(11)13/h11-12H,2-10H2,1H3/q+1. The molecule has 0 N–H and O–H groups in total. The number of fused-ring (bicyclic) bond motifs is 1. The Bertz CT molecular complexity index is 141. The number of hydrogen-bond acceptors (Lipinski definition) is 0. The fourth-order valence-corrected chi connectivity index (χ4v) is 6.07. The molecule has 76 valence electrons. The molecule has 1 heterocycles. The second-order valence-corrected chi connectivity index (χ2v) is 7.15. The highest BCUT2D eigenvalue weighted by atomic mass is 32.2. The van der Waals surface area contributed by atoms with Gasteiger partial charge in [-0.1, -0.05) is 26.2 Å². The van der Waals surface area contributed by atoms with E-state index in [1.165, 1.54) is 49.0 Å². The maximum absolute atomic E-state index is 2.33. The van der Waals surface area contributed by atoms with Crippen LogP contribution in [0.5, 0.6) is 0 Å². The molecule has 0 nitrogen and oxygen atoms in total. The van der Waals surface area contributed by atoms with Crippen LogP contribution in [-0.4, -0.2) is 16.3 Å². The van der Waals surface area contributed by atoms with E-state index in [1.54, 1.807) is 18.6 Å². The van der Waals surface area contributed by atoms with Gasteiger partial charge in [0, 0.05) is 10.9 Å². The second-order valence-electron chi connectivity index (χ2n) is 4.60. The van der Waals surface area contributed by atoms with Crippen LogP contribution in [0.3, 0.4) is 0 Å². The summed E-state index contributed by atoms with van der Waals surface area (Å²) >= 11 is 0. The Kier molecular flexibility index (Phi) is 3.59. The van der Waals surface area contributed by atoms with Crippen molar-refractivity contribution in [1.82, 2.24) is 0 Å². The van der Waals surface area contributed by atoms with Crippen molar-refractivity contribution >= 4 is 10.9 Å². The van der Waals surface area contributed by atoms with E-state index in [9.17, 15) is 0 Å². The number of rotatable bonds is 3. The fourth-order valence-electron chi connectivity index (χ4n) is 2.69. The molecule has 2 unspecified atom stereocenters. The molecule has 2 rings (SSSR count). The van der Waals surface area contributed by atoms with Crippen LogP contribution in [0.25, 0.3) is 0 Å². The first kappa shape index (κ1) is 9.89. The summed E-state index contributed by atoms with van der Waals surface area (Å²) in [6.45, 7) is 2.33. The van der Waals surface area contributed by atoms with Gasteiger partial charge in [-0.25, -0.2) is 0 Å². The highest BCUT2D eigenvalue weighted by Gasteiger charge is 2.60. The predicted octanol–water partition coefficient (Wildman–Crippen LogP) is 3.51. The van der Waals surface area contributed by atoms with Gasteiger partial charge >= 0.3 is 0 Å². The van der Waals surface area contributed by atoms with Gasteiger partial charge in [0.2, 0.25) is 0 Å². The third kappa shape index (κ3) is 2.43. The summed E-state index contributed by atoms with van der Waals surface area (Å²) in [4.78, 5) is 0. The highest BCUT2D eigenvalue weighted by Crippen LogP contribution is 2.44. The van der Waals surface area contributed by atoms with E-state index in [1.807, 2.05) is 0 Å². The maximum Gasteiger partial charge on any atom is 0.165 e. The summed E-state index contributed by atoms with van der Waals surface area (Å²) in [5.41, 5.74) is 0. The monoisotopic (exact) mass is 199 g/mol. The molecule has 0 aromatic carbocycles. The number of hydrogen-bond donors (Lipinski definition) is 0. The summed E-state index contributed by atoms with van der Waals surface area (Å²) in [6, 6.07) is 0. The van der Waals surface area contributed by atoms with Crippen LogP contribution in [0.15, 0.2) is 0 Å². The van der Waals surface area contributed by atoms with Crippen molar-refractivity contribution in [3.8, 4) is 0 Å². The van der Waals surface area contributed by atoms with Crippen LogP contribution >= 0.6 is 0 Å². The van der Waals surface area contributed by atoms with Crippen LogP contribution in [-0.2, 0) is 10.9 Å². The lowest BCUT2D eigenvalue weighted by atomic mass is 10.0. The SMILES string of the molecule is CCCC[S+]1C2CCCCCCC21. The first-order chi connectivity index (χ1) is 6.43. The first-order valence-electron chi connectivity index (χ1n) is 6.12. The smallest absolute Gasteiger partial charge is 0.0652 e. The Morgan fingerprint density at radius 1 is 1.00 bits per heavy atom. The highest BCUT2D eigenvalue weighted by molar-refractivity contribution is 8.05. The Balaban J connectivity index is 1.74. The lowest BCUT2D eigenvalue weighted by molar-refractivity contribution is 0.551. The number of unbranched alkanes of at least 4 members (excludes halogenated alkanes) is 1. The van der Waals surface area contributed by atoms with Gasteiger partial charge in [0.05, 0.1) is 0 Å². The van der Waals surface area contributed by atoms with E-state index in [4.69, 9.17) is 0 Å². The third-order valence-corrected chi connectivity index (χ3v) is 6.71. The second kappa shape index (κ2) is 4.72. The zero-order valence-electron chi connectivity index (χ0n) is 8.93. The van der Waals surface area contributed by atoms with Gasteiger partial charge in [-0.2, -0.15) is 0 Å². The average molecular weight is 199 g/mol. The molecule has 1 saturated carbocycles. The summed E-state index contributed by atoms with van der Waals surface area (Å²) in [6.07, 6.45) is 12.2. The minimum atomic E-state index is 0.899. The van der Waals surface area contributed by atoms with Crippen LogP contribution in [0.1, 0.15) is 58.3 Å². The van der Waals surface area contributed by atoms with Gasteiger partial charge in [-0.15, -0.1) is 0 Å². The van der Waals surface area contributed by atoms with Gasteiger partial charge in [-0.05, 0) is 32.1 Å².